The van der Waals surface area contributed by atoms with Gasteiger partial charge in [0.15, 0.2) is 11.5 Å². The number of amides is 1. The summed E-state index contributed by atoms with van der Waals surface area (Å²) >= 11 is 0. The highest BCUT2D eigenvalue weighted by Gasteiger charge is 2.39. The van der Waals surface area contributed by atoms with Crippen LogP contribution in [0.4, 0.5) is 5.69 Å². The van der Waals surface area contributed by atoms with E-state index in [1.807, 2.05) is 31.2 Å². The Kier molecular flexibility index (Phi) is 7.77. The van der Waals surface area contributed by atoms with Crippen LogP contribution in [0.2, 0.25) is 0 Å². The number of carbonyl (C=O) groups is 2. The van der Waals surface area contributed by atoms with Gasteiger partial charge >= 0.3 is 0 Å². The van der Waals surface area contributed by atoms with Crippen LogP contribution in [0.1, 0.15) is 74.3 Å². The molecule has 0 saturated carbocycles. The number of ether oxygens (including phenoxy) is 2. The Bertz CT molecular complexity index is 1420. The van der Waals surface area contributed by atoms with E-state index >= 15 is 0 Å². The SMILES string of the molecule is CC(=O)O.CCOc1cc2c(c3c1OC(C)(C)C3)C(c1cccc(NC(=O)c3ccccn3)c1)=NC(C)(C)C2. The highest BCUT2D eigenvalue weighted by molar-refractivity contribution is 6.16. The van der Waals surface area contributed by atoms with Gasteiger partial charge in [-0.3, -0.25) is 19.6 Å². The molecule has 0 fully saturated rings. The number of anilines is 1. The third kappa shape index (κ3) is 6.45. The van der Waals surface area contributed by atoms with Crippen molar-refractivity contribution in [2.24, 2.45) is 4.99 Å². The zero-order chi connectivity index (χ0) is 28.4. The van der Waals surface area contributed by atoms with Crippen LogP contribution >= 0.6 is 0 Å². The fourth-order valence-corrected chi connectivity index (χ4v) is 4.98. The van der Waals surface area contributed by atoms with Gasteiger partial charge in [-0.05, 0) is 76.9 Å². The predicted molar refractivity (Wildman–Crippen MR) is 151 cm³/mol. The molecule has 1 aromatic heterocycles. The Morgan fingerprint density at radius 1 is 1.08 bits per heavy atom. The number of nitrogens with zero attached hydrogens (tertiary/aromatic N) is 2. The summed E-state index contributed by atoms with van der Waals surface area (Å²) in [5.41, 5.74) is 5.84. The monoisotopic (exact) mass is 529 g/mol. The molecule has 0 saturated heterocycles. The number of rotatable bonds is 5. The third-order valence-electron chi connectivity index (χ3n) is 6.27. The molecular formula is C31H35N3O5. The predicted octanol–water partition coefficient (Wildman–Crippen LogP) is 5.71. The van der Waals surface area contributed by atoms with E-state index in [0.717, 1.165) is 53.7 Å². The van der Waals surface area contributed by atoms with Crippen molar-refractivity contribution in [1.82, 2.24) is 4.98 Å². The summed E-state index contributed by atoms with van der Waals surface area (Å²) in [5.74, 6) is 0.550. The molecule has 0 aliphatic carbocycles. The standard InChI is InChI=1S/C29H31N3O3.C2H4O2/c1-6-34-23-15-19-16-28(2,3)32-25(24(19)21-17-29(4,5)35-26(21)23)18-10-9-11-20(14-18)31-27(33)22-12-7-8-13-30-22;1-2(3)4/h7-15H,6,16-17H2,1-5H3,(H,31,33);1H3,(H,3,4). The Labute approximate surface area is 229 Å². The number of hydrogen-bond donors (Lipinski definition) is 2. The van der Waals surface area contributed by atoms with Crippen molar-refractivity contribution >= 4 is 23.3 Å². The van der Waals surface area contributed by atoms with Gasteiger partial charge in [0.2, 0.25) is 0 Å². The molecule has 8 nitrogen and oxygen atoms in total. The third-order valence-corrected chi connectivity index (χ3v) is 6.27. The Morgan fingerprint density at radius 2 is 1.82 bits per heavy atom. The zero-order valence-corrected chi connectivity index (χ0v) is 23.3. The van der Waals surface area contributed by atoms with E-state index in [9.17, 15) is 4.79 Å². The number of nitrogens with one attached hydrogen (secondary N) is 1. The minimum absolute atomic E-state index is 0.244. The van der Waals surface area contributed by atoms with Crippen LogP contribution in [0, 0.1) is 0 Å². The summed E-state index contributed by atoms with van der Waals surface area (Å²) < 4.78 is 12.4. The average Bonchev–Trinajstić information content (AvgIpc) is 3.18. The maximum atomic E-state index is 12.7. The Morgan fingerprint density at radius 3 is 2.49 bits per heavy atom. The van der Waals surface area contributed by atoms with E-state index in [4.69, 9.17) is 24.4 Å². The lowest BCUT2D eigenvalue weighted by Gasteiger charge is -2.31. The molecule has 39 heavy (non-hydrogen) atoms. The fraction of sp³-hybridized carbons (Fsp3) is 0.355. The number of hydrogen-bond acceptors (Lipinski definition) is 6. The maximum absolute atomic E-state index is 12.7. The van der Waals surface area contributed by atoms with Crippen molar-refractivity contribution in [3.8, 4) is 11.5 Å². The van der Waals surface area contributed by atoms with Crippen molar-refractivity contribution in [3.63, 3.8) is 0 Å². The number of fused-ring (bicyclic) bond motifs is 3. The van der Waals surface area contributed by atoms with Gasteiger partial charge in [-0.1, -0.05) is 18.2 Å². The molecule has 8 heteroatoms. The number of carboxylic acid groups (broad SMARTS) is 1. The van der Waals surface area contributed by atoms with Crippen molar-refractivity contribution in [2.75, 3.05) is 11.9 Å². The molecule has 2 N–H and O–H groups in total. The zero-order valence-electron chi connectivity index (χ0n) is 23.3. The van der Waals surface area contributed by atoms with Gasteiger partial charge in [-0.2, -0.15) is 0 Å². The first-order valence-corrected chi connectivity index (χ1v) is 13.0. The molecule has 0 atom stereocenters. The number of aliphatic carboxylic acids is 1. The lowest BCUT2D eigenvalue weighted by Crippen LogP contribution is -2.30. The molecule has 0 radical (unpaired) electrons. The van der Waals surface area contributed by atoms with Crippen LogP contribution in [0.25, 0.3) is 0 Å². The first kappa shape index (κ1) is 27.8. The summed E-state index contributed by atoms with van der Waals surface area (Å²) in [6, 6.07) is 15.3. The minimum atomic E-state index is -0.833. The van der Waals surface area contributed by atoms with Crippen molar-refractivity contribution in [2.45, 2.75) is 65.5 Å². The molecule has 5 rings (SSSR count). The lowest BCUT2D eigenvalue weighted by molar-refractivity contribution is -0.134. The second-order valence-corrected chi connectivity index (χ2v) is 10.9. The van der Waals surface area contributed by atoms with Gasteiger partial charge in [0.05, 0.1) is 17.9 Å². The van der Waals surface area contributed by atoms with Gasteiger partial charge in [0.25, 0.3) is 11.9 Å². The van der Waals surface area contributed by atoms with Gasteiger partial charge in [0, 0.05) is 41.9 Å². The van der Waals surface area contributed by atoms with E-state index in [0.29, 0.717) is 18.0 Å². The maximum Gasteiger partial charge on any atom is 0.300 e. The molecule has 2 aromatic carbocycles. The average molecular weight is 530 g/mol. The highest BCUT2D eigenvalue weighted by Crippen LogP contribution is 2.48. The van der Waals surface area contributed by atoms with Crippen LogP contribution in [0.5, 0.6) is 11.5 Å². The smallest absolute Gasteiger partial charge is 0.300 e. The van der Waals surface area contributed by atoms with Gasteiger partial charge in [0.1, 0.15) is 11.3 Å². The minimum Gasteiger partial charge on any atom is -0.490 e. The van der Waals surface area contributed by atoms with E-state index in [2.05, 4.69) is 44.1 Å². The van der Waals surface area contributed by atoms with Crippen LogP contribution < -0.4 is 14.8 Å². The topological polar surface area (TPSA) is 110 Å². The molecule has 2 aliphatic heterocycles. The Balaban J connectivity index is 0.000000826. The number of pyridine rings is 1. The number of benzene rings is 2. The van der Waals surface area contributed by atoms with Crippen LogP contribution in [0.15, 0.2) is 59.7 Å². The molecule has 1 amide bonds. The molecule has 204 valence electrons. The van der Waals surface area contributed by atoms with Gasteiger partial charge < -0.3 is 19.9 Å². The number of carboxylic acids is 1. The molecule has 2 aliphatic rings. The molecule has 3 aromatic rings. The summed E-state index contributed by atoms with van der Waals surface area (Å²) in [6.45, 7) is 12.2. The molecule has 0 spiro atoms. The molecule has 0 bridgehead atoms. The second-order valence-electron chi connectivity index (χ2n) is 10.9. The van der Waals surface area contributed by atoms with E-state index in [1.54, 1.807) is 24.4 Å². The number of aliphatic imine (C=N–C) groups is 1. The second kappa shape index (κ2) is 10.9. The van der Waals surface area contributed by atoms with Crippen LogP contribution in [-0.4, -0.2) is 45.4 Å². The highest BCUT2D eigenvalue weighted by atomic mass is 16.5. The largest absolute Gasteiger partial charge is 0.490 e. The number of aromatic nitrogens is 1. The first-order valence-electron chi connectivity index (χ1n) is 13.0. The summed E-state index contributed by atoms with van der Waals surface area (Å²) in [5, 5.41) is 10.4. The van der Waals surface area contributed by atoms with Crippen molar-refractivity contribution < 1.29 is 24.2 Å². The van der Waals surface area contributed by atoms with E-state index < -0.39 is 5.97 Å². The van der Waals surface area contributed by atoms with Gasteiger partial charge in [-0.15, -0.1) is 0 Å². The first-order chi connectivity index (χ1) is 18.4. The molecule has 3 heterocycles. The van der Waals surface area contributed by atoms with Crippen molar-refractivity contribution in [1.29, 1.82) is 0 Å². The van der Waals surface area contributed by atoms with Crippen molar-refractivity contribution in [3.05, 3.63) is 82.7 Å². The van der Waals surface area contributed by atoms with E-state index in [-0.39, 0.29) is 17.0 Å². The van der Waals surface area contributed by atoms with Gasteiger partial charge in [-0.25, -0.2) is 0 Å². The van der Waals surface area contributed by atoms with Crippen LogP contribution in [0.3, 0.4) is 0 Å². The molecule has 0 unspecified atom stereocenters. The normalized spacial score (nSPS) is 15.9. The van der Waals surface area contributed by atoms with E-state index in [1.165, 1.54) is 5.56 Å². The molecular weight excluding hydrogens is 494 g/mol. The number of carbonyl (C=O) groups excluding carboxylic acids is 1. The lowest BCUT2D eigenvalue weighted by atomic mass is 9.81. The summed E-state index contributed by atoms with van der Waals surface area (Å²) in [4.78, 5) is 31.0. The Hall–Kier alpha value is -4.20. The quantitative estimate of drug-likeness (QED) is 0.438. The van der Waals surface area contributed by atoms with Crippen LogP contribution in [-0.2, 0) is 17.6 Å². The fourth-order valence-electron chi connectivity index (χ4n) is 4.98. The summed E-state index contributed by atoms with van der Waals surface area (Å²) in [6.07, 6.45) is 3.21. The summed E-state index contributed by atoms with van der Waals surface area (Å²) in [7, 11) is 0.